The van der Waals surface area contributed by atoms with Crippen molar-refractivity contribution >= 4 is 51.7 Å². The number of carbonyl (C=O) groups is 1. The van der Waals surface area contributed by atoms with Crippen LogP contribution in [0.2, 0.25) is 0 Å². The molecule has 0 bridgehead atoms. The van der Waals surface area contributed by atoms with Gasteiger partial charge in [0.05, 0.1) is 39.1 Å². The van der Waals surface area contributed by atoms with Crippen molar-refractivity contribution in [3.8, 4) is 11.5 Å². The second-order valence-electron chi connectivity index (χ2n) is 9.51. The van der Waals surface area contributed by atoms with Gasteiger partial charge in [0.15, 0.2) is 16.3 Å². The Hall–Kier alpha value is -3.70. The Labute approximate surface area is 247 Å². The molecule has 1 unspecified atom stereocenters. The third-order valence-corrected chi connectivity index (χ3v) is 8.97. The van der Waals surface area contributed by atoms with Crippen molar-refractivity contribution in [3.63, 3.8) is 0 Å². The molecule has 202 valence electrons. The van der Waals surface area contributed by atoms with Crippen molar-refractivity contribution < 1.29 is 19.4 Å². The second kappa shape index (κ2) is 10.7. The van der Waals surface area contributed by atoms with Crippen LogP contribution in [0.25, 0.3) is 11.8 Å². The molecular formula is C31H25IN2O5S. The lowest BCUT2D eigenvalue weighted by molar-refractivity contribution is 0.0600. The molecule has 1 aromatic heterocycles. The Bertz CT molecular complexity index is 1870. The summed E-state index contributed by atoms with van der Waals surface area (Å²) < 4.78 is 13.4. The van der Waals surface area contributed by atoms with Crippen LogP contribution in [0.1, 0.15) is 52.0 Å². The van der Waals surface area contributed by atoms with Gasteiger partial charge in [-0.3, -0.25) is 9.36 Å². The Kier molecular flexibility index (Phi) is 7.09. The lowest BCUT2D eigenvalue weighted by Gasteiger charge is -2.30. The molecule has 7 nitrogen and oxygen atoms in total. The summed E-state index contributed by atoms with van der Waals surface area (Å²) in [5.74, 6) is 0.0591. The van der Waals surface area contributed by atoms with Crippen molar-refractivity contribution in [2.75, 3.05) is 13.7 Å². The van der Waals surface area contributed by atoms with Gasteiger partial charge < -0.3 is 14.6 Å². The number of rotatable bonds is 5. The maximum Gasteiger partial charge on any atom is 0.337 e. The summed E-state index contributed by atoms with van der Waals surface area (Å²) in [6.07, 6.45) is 3.46. The number of allylic oxidation sites excluding steroid dienone is 1. The summed E-state index contributed by atoms with van der Waals surface area (Å²) in [5.41, 5.74) is 6.30. The van der Waals surface area contributed by atoms with Crippen LogP contribution in [-0.4, -0.2) is 29.4 Å². The number of aryl methyl sites for hydroxylation is 1. The van der Waals surface area contributed by atoms with E-state index in [0.717, 1.165) is 40.8 Å². The Morgan fingerprint density at radius 3 is 2.70 bits per heavy atom. The maximum absolute atomic E-state index is 14.0. The molecule has 2 aliphatic rings. The van der Waals surface area contributed by atoms with Gasteiger partial charge in [0.1, 0.15) is 0 Å². The number of aromatic nitrogens is 1. The molecule has 0 amide bonds. The van der Waals surface area contributed by atoms with E-state index in [2.05, 4.69) is 34.7 Å². The Balaban J connectivity index is 1.56. The number of nitrogens with zero attached hydrogens (tertiary/aromatic N) is 2. The van der Waals surface area contributed by atoms with Crippen LogP contribution in [0.4, 0.5) is 0 Å². The molecule has 40 heavy (non-hydrogen) atoms. The Morgan fingerprint density at radius 1 is 1.18 bits per heavy atom. The lowest BCUT2D eigenvalue weighted by atomic mass is 9.83. The number of esters is 1. The van der Waals surface area contributed by atoms with Crippen LogP contribution < -0.4 is 19.6 Å². The van der Waals surface area contributed by atoms with Crippen molar-refractivity contribution in [2.45, 2.75) is 25.8 Å². The van der Waals surface area contributed by atoms with Crippen molar-refractivity contribution in [1.29, 1.82) is 0 Å². The molecule has 4 aromatic rings. The van der Waals surface area contributed by atoms with Crippen LogP contribution in [0.3, 0.4) is 0 Å². The minimum absolute atomic E-state index is 0.0859. The van der Waals surface area contributed by atoms with Crippen molar-refractivity contribution in [3.05, 3.63) is 117 Å². The Morgan fingerprint density at radius 2 is 1.95 bits per heavy atom. The zero-order valence-electron chi connectivity index (χ0n) is 21.8. The minimum atomic E-state index is -0.406. The van der Waals surface area contributed by atoms with Crippen LogP contribution in [0, 0.1) is 3.57 Å². The molecule has 6 rings (SSSR count). The number of halogens is 1. The van der Waals surface area contributed by atoms with Gasteiger partial charge in [-0.15, -0.1) is 0 Å². The van der Waals surface area contributed by atoms with E-state index in [1.165, 1.54) is 24.0 Å². The number of benzene rings is 3. The van der Waals surface area contributed by atoms with Crippen LogP contribution in [-0.2, 0) is 11.2 Å². The number of methoxy groups -OCH3 is 1. The predicted octanol–water partition coefficient (Wildman–Crippen LogP) is 4.81. The van der Waals surface area contributed by atoms with Crippen molar-refractivity contribution in [2.24, 2.45) is 4.99 Å². The van der Waals surface area contributed by atoms with Crippen LogP contribution in [0.15, 0.2) is 76.0 Å². The number of phenolic OH excluding ortho intramolecular Hbond substituents is 1. The fourth-order valence-electron chi connectivity index (χ4n) is 5.34. The number of thiazole rings is 1. The predicted molar refractivity (Wildman–Crippen MR) is 163 cm³/mol. The molecule has 1 atom stereocenters. The van der Waals surface area contributed by atoms with Gasteiger partial charge in [-0.1, -0.05) is 47.7 Å². The van der Waals surface area contributed by atoms with E-state index >= 15 is 0 Å². The highest BCUT2D eigenvalue weighted by atomic mass is 127. The van der Waals surface area contributed by atoms with Crippen molar-refractivity contribution in [1.82, 2.24) is 4.57 Å². The summed E-state index contributed by atoms with van der Waals surface area (Å²) >= 11 is 3.40. The molecule has 2 heterocycles. The smallest absolute Gasteiger partial charge is 0.337 e. The van der Waals surface area contributed by atoms with Crippen LogP contribution in [0.5, 0.6) is 11.5 Å². The van der Waals surface area contributed by atoms with E-state index in [1.54, 1.807) is 22.8 Å². The highest BCUT2D eigenvalue weighted by Gasteiger charge is 2.32. The largest absolute Gasteiger partial charge is 0.504 e. The zero-order chi connectivity index (χ0) is 28.0. The summed E-state index contributed by atoms with van der Waals surface area (Å²) in [4.78, 5) is 31.7. The van der Waals surface area contributed by atoms with Gasteiger partial charge in [0.25, 0.3) is 5.56 Å². The van der Waals surface area contributed by atoms with E-state index in [1.807, 2.05) is 43.3 Å². The number of ether oxygens (including phenoxy) is 2. The molecule has 1 aliphatic heterocycles. The molecule has 9 heteroatoms. The molecule has 1 N–H and O–H groups in total. The van der Waals surface area contributed by atoms with E-state index in [0.29, 0.717) is 30.8 Å². The third-order valence-electron chi connectivity index (χ3n) is 7.17. The topological polar surface area (TPSA) is 90.1 Å². The number of phenols is 1. The quantitative estimate of drug-likeness (QED) is 0.245. The maximum atomic E-state index is 14.0. The van der Waals surface area contributed by atoms with E-state index in [4.69, 9.17) is 14.5 Å². The van der Waals surface area contributed by atoms with E-state index in [9.17, 15) is 14.7 Å². The van der Waals surface area contributed by atoms with Crippen LogP contribution >= 0.6 is 33.9 Å². The molecule has 0 spiro atoms. The second-order valence-corrected chi connectivity index (χ2v) is 11.7. The SMILES string of the molecule is CCOc1cc(C=c2sc3n(c2=O)C(c2ccc(C(=O)OC)cc2)C2=C(N=3)c3ccccc3CC2)cc(I)c1O. The molecule has 3 aromatic carbocycles. The molecular weight excluding hydrogens is 639 g/mol. The number of aromatic hydroxyl groups is 1. The highest BCUT2D eigenvalue weighted by Crippen LogP contribution is 2.41. The van der Waals surface area contributed by atoms with E-state index in [-0.39, 0.29) is 17.4 Å². The molecule has 0 saturated heterocycles. The average molecular weight is 665 g/mol. The van der Waals surface area contributed by atoms with Gasteiger partial charge in [-0.05, 0) is 95.0 Å². The first-order valence-electron chi connectivity index (χ1n) is 12.9. The lowest BCUT2D eigenvalue weighted by Crippen LogP contribution is -2.38. The van der Waals surface area contributed by atoms with Gasteiger partial charge in [0, 0.05) is 5.56 Å². The normalized spacial score (nSPS) is 16.1. The fourth-order valence-corrected chi connectivity index (χ4v) is 6.96. The first kappa shape index (κ1) is 26.5. The van der Waals surface area contributed by atoms with Gasteiger partial charge >= 0.3 is 5.97 Å². The summed E-state index contributed by atoms with van der Waals surface area (Å²) in [6, 6.07) is 18.7. The van der Waals surface area contributed by atoms with Gasteiger partial charge in [-0.25, -0.2) is 9.79 Å². The standard InChI is InChI=1S/C31H25IN2O5S/c1-3-39-24-15-17(14-23(32)28(24)35)16-25-29(36)34-27(19-8-10-20(11-9-19)30(37)38-2)22-13-12-18-6-4-5-7-21(18)26(22)33-31(34)40-25/h4-11,14-16,27,35H,3,12-13H2,1-2H3. The summed E-state index contributed by atoms with van der Waals surface area (Å²) in [7, 11) is 1.36. The monoisotopic (exact) mass is 664 g/mol. The molecule has 1 aliphatic carbocycles. The molecule has 0 saturated carbocycles. The minimum Gasteiger partial charge on any atom is -0.504 e. The highest BCUT2D eigenvalue weighted by molar-refractivity contribution is 14.1. The number of hydrogen-bond acceptors (Lipinski definition) is 7. The third kappa shape index (κ3) is 4.56. The summed E-state index contributed by atoms with van der Waals surface area (Å²) in [6.45, 7) is 2.27. The number of hydrogen-bond donors (Lipinski definition) is 1. The van der Waals surface area contributed by atoms with Gasteiger partial charge in [-0.2, -0.15) is 0 Å². The van der Waals surface area contributed by atoms with Gasteiger partial charge in [0.2, 0.25) is 0 Å². The molecule has 0 fully saturated rings. The number of carbonyl (C=O) groups excluding carboxylic acids is 1. The average Bonchev–Trinajstić information content (AvgIpc) is 3.28. The first-order valence-corrected chi connectivity index (χ1v) is 14.8. The fraction of sp³-hybridized carbons (Fsp3) is 0.194. The molecule has 0 radical (unpaired) electrons. The number of fused-ring (bicyclic) bond motifs is 3. The van der Waals surface area contributed by atoms with E-state index < -0.39 is 5.97 Å². The zero-order valence-corrected chi connectivity index (χ0v) is 24.8. The first-order chi connectivity index (χ1) is 19.4. The summed E-state index contributed by atoms with van der Waals surface area (Å²) in [5, 5.41) is 10.4.